The first-order valence-corrected chi connectivity index (χ1v) is 5.72. The Morgan fingerprint density at radius 3 is 2.33 bits per heavy atom. The van der Waals surface area contributed by atoms with Gasteiger partial charge in [0.1, 0.15) is 0 Å². The van der Waals surface area contributed by atoms with Crippen molar-refractivity contribution in [2.75, 3.05) is 19.8 Å². The van der Waals surface area contributed by atoms with Gasteiger partial charge in [-0.3, -0.25) is 10.2 Å². The molecule has 0 bridgehead atoms. The lowest BCUT2D eigenvalue weighted by Crippen LogP contribution is -2.39. The molecule has 1 atom stereocenters. The Balaban J connectivity index is 3.58. The first-order valence-electron chi connectivity index (χ1n) is 4.72. The van der Waals surface area contributed by atoms with E-state index in [4.69, 9.17) is 0 Å². The number of hydrogen-bond acceptors (Lipinski definition) is 2. The quantitative estimate of drug-likeness (QED) is 0.469. The van der Waals surface area contributed by atoms with Crippen molar-refractivity contribution >= 4 is 10.2 Å². The van der Waals surface area contributed by atoms with Gasteiger partial charge in [0, 0.05) is 23.0 Å². The Morgan fingerprint density at radius 2 is 2.00 bits per heavy atom. The molecule has 0 heterocycles. The molecule has 0 saturated carbocycles. The molecule has 72 valence electrons. The van der Waals surface area contributed by atoms with Crippen LogP contribution < -0.4 is 5.32 Å². The Morgan fingerprint density at radius 1 is 1.50 bits per heavy atom. The van der Waals surface area contributed by atoms with E-state index in [0.717, 1.165) is 30.0 Å². The van der Waals surface area contributed by atoms with Gasteiger partial charge in [-0.2, -0.15) is 0 Å². The molecule has 0 aliphatic carbocycles. The van der Waals surface area contributed by atoms with Crippen LogP contribution in [0.2, 0.25) is 0 Å². The second kappa shape index (κ2) is 6.40. The average Bonchev–Trinajstić information content (AvgIpc) is 2.05. The highest BCUT2D eigenvalue weighted by molar-refractivity contribution is 6.21. The molecule has 0 saturated heterocycles. The molecule has 0 radical (unpaired) electrons. The van der Waals surface area contributed by atoms with Crippen LogP contribution in [0.4, 0.5) is 0 Å². The summed E-state index contributed by atoms with van der Waals surface area (Å²) in [5.41, 5.74) is 0. The maximum Gasteiger partial charge on any atom is 0.0484 e. The molecule has 3 heteroatoms. The summed E-state index contributed by atoms with van der Waals surface area (Å²) < 4.78 is 0. The third-order valence-electron chi connectivity index (χ3n) is 2.25. The van der Waals surface area contributed by atoms with Gasteiger partial charge in [-0.25, -0.2) is 0 Å². The van der Waals surface area contributed by atoms with Crippen LogP contribution in [0.1, 0.15) is 20.8 Å². The molecule has 0 spiro atoms. The van der Waals surface area contributed by atoms with Gasteiger partial charge in [-0.1, -0.05) is 19.0 Å². The Labute approximate surface area is 79.4 Å². The highest BCUT2D eigenvalue weighted by atomic mass is 28.1. The van der Waals surface area contributed by atoms with Gasteiger partial charge in [-0.05, 0) is 20.0 Å². The first-order chi connectivity index (χ1) is 5.61. The molecule has 0 rings (SSSR count). The molecule has 1 N–H and O–H groups in total. The standard InChI is InChI=1S/C9H22N2Si/c1-5-11(6-2)7-10-8(3)9(4)12/h8,10H,4-7H2,1-3,12H3. The van der Waals surface area contributed by atoms with Crippen LogP contribution >= 0.6 is 0 Å². The smallest absolute Gasteiger partial charge is 0.0484 e. The summed E-state index contributed by atoms with van der Waals surface area (Å²) in [7, 11) is 1.09. The number of nitrogens with zero attached hydrogens (tertiary/aromatic N) is 1. The summed E-state index contributed by atoms with van der Waals surface area (Å²) >= 11 is 0. The van der Waals surface area contributed by atoms with E-state index in [-0.39, 0.29) is 0 Å². The van der Waals surface area contributed by atoms with E-state index in [9.17, 15) is 0 Å². The van der Waals surface area contributed by atoms with Crippen molar-refractivity contribution < 1.29 is 0 Å². The maximum absolute atomic E-state index is 3.97. The highest BCUT2D eigenvalue weighted by Gasteiger charge is 2.02. The van der Waals surface area contributed by atoms with Crippen LogP contribution in [0.25, 0.3) is 0 Å². The second-order valence-electron chi connectivity index (χ2n) is 3.23. The van der Waals surface area contributed by atoms with Gasteiger partial charge in [0.05, 0.1) is 0 Å². The van der Waals surface area contributed by atoms with Gasteiger partial charge in [0.25, 0.3) is 0 Å². The van der Waals surface area contributed by atoms with E-state index in [1.807, 2.05) is 0 Å². The van der Waals surface area contributed by atoms with Crippen molar-refractivity contribution in [2.24, 2.45) is 0 Å². The lowest BCUT2D eigenvalue weighted by atomic mass is 10.3. The molecule has 0 fully saturated rings. The fraction of sp³-hybridized carbons (Fsp3) is 0.778. The zero-order valence-corrected chi connectivity index (χ0v) is 10.9. The Hall–Kier alpha value is -0.123. The van der Waals surface area contributed by atoms with Crippen LogP contribution in [0.5, 0.6) is 0 Å². The van der Waals surface area contributed by atoms with Gasteiger partial charge >= 0.3 is 0 Å². The first kappa shape index (κ1) is 11.9. The Kier molecular flexibility index (Phi) is 6.33. The molecule has 0 aliphatic heterocycles. The fourth-order valence-electron chi connectivity index (χ4n) is 0.887. The van der Waals surface area contributed by atoms with Crippen molar-refractivity contribution in [1.82, 2.24) is 10.2 Å². The molecule has 2 nitrogen and oxygen atoms in total. The molecular formula is C9H22N2Si. The van der Waals surface area contributed by atoms with E-state index in [0.29, 0.717) is 6.04 Å². The normalized spacial score (nSPS) is 13.7. The SMILES string of the molecule is C=C([SiH3])C(C)NCN(CC)CC. The van der Waals surface area contributed by atoms with Crippen LogP contribution in [0.15, 0.2) is 11.8 Å². The van der Waals surface area contributed by atoms with Crippen LogP contribution in [0.3, 0.4) is 0 Å². The summed E-state index contributed by atoms with van der Waals surface area (Å²) in [6.45, 7) is 13.7. The van der Waals surface area contributed by atoms with Crippen LogP contribution in [-0.2, 0) is 0 Å². The summed E-state index contributed by atoms with van der Waals surface area (Å²) in [6, 6.07) is 0.484. The molecule has 0 aliphatic rings. The van der Waals surface area contributed by atoms with Gasteiger partial charge < -0.3 is 0 Å². The van der Waals surface area contributed by atoms with E-state index < -0.39 is 0 Å². The van der Waals surface area contributed by atoms with E-state index in [2.05, 4.69) is 37.6 Å². The fourth-order valence-corrected chi connectivity index (χ4v) is 1.09. The molecule has 1 unspecified atom stereocenters. The summed E-state index contributed by atoms with van der Waals surface area (Å²) in [5, 5.41) is 4.78. The summed E-state index contributed by atoms with van der Waals surface area (Å²) in [6.07, 6.45) is 0. The summed E-state index contributed by atoms with van der Waals surface area (Å²) in [4.78, 5) is 2.36. The van der Waals surface area contributed by atoms with Crippen molar-refractivity contribution in [3.63, 3.8) is 0 Å². The lowest BCUT2D eigenvalue weighted by molar-refractivity contribution is 0.273. The minimum absolute atomic E-state index is 0.484. The number of hydrogen-bond donors (Lipinski definition) is 1. The third kappa shape index (κ3) is 4.69. The zero-order chi connectivity index (χ0) is 9.56. The monoisotopic (exact) mass is 186 g/mol. The maximum atomic E-state index is 3.97. The number of rotatable bonds is 6. The average molecular weight is 186 g/mol. The Bertz CT molecular complexity index is 132. The predicted octanol–water partition coefficient (Wildman–Crippen LogP) is 0.143. The van der Waals surface area contributed by atoms with Crippen molar-refractivity contribution in [3.05, 3.63) is 11.8 Å². The van der Waals surface area contributed by atoms with Gasteiger partial charge in [-0.15, -0.1) is 6.58 Å². The van der Waals surface area contributed by atoms with Crippen LogP contribution in [0, 0.1) is 0 Å². The van der Waals surface area contributed by atoms with Crippen molar-refractivity contribution in [1.29, 1.82) is 0 Å². The molecule has 0 amide bonds. The molecule has 12 heavy (non-hydrogen) atoms. The minimum Gasteiger partial charge on any atom is -0.298 e. The van der Waals surface area contributed by atoms with Crippen LogP contribution in [-0.4, -0.2) is 40.9 Å². The van der Waals surface area contributed by atoms with E-state index >= 15 is 0 Å². The van der Waals surface area contributed by atoms with E-state index in [1.54, 1.807) is 0 Å². The van der Waals surface area contributed by atoms with E-state index in [1.165, 1.54) is 5.20 Å². The highest BCUT2D eigenvalue weighted by Crippen LogP contribution is 1.92. The number of nitrogens with one attached hydrogen (secondary N) is 1. The third-order valence-corrected chi connectivity index (χ3v) is 3.12. The van der Waals surface area contributed by atoms with Crippen molar-refractivity contribution in [2.45, 2.75) is 26.8 Å². The lowest BCUT2D eigenvalue weighted by Gasteiger charge is -2.22. The van der Waals surface area contributed by atoms with Gasteiger partial charge in [0.15, 0.2) is 0 Å². The zero-order valence-electron chi connectivity index (χ0n) is 8.85. The second-order valence-corrected chi connectivity index (χ2v) is 4.52. The molecule has 0 aromatic rings. The molecular weight excluding hydrogens is 164 g/mol. The largest absolute Gasteiger partial charge is 0.298 e. The summed E-state index contributed by atoms with van der Waals surface area (Å²) in [5.74, 6) is 0. The molecule has 0 aromatic carbocycles. The molecule has 0 aromatic heterocycles. The topological polar surface area (TPSA) is 15.3 Å². The minimum atomic E-state index is 0.484. The van der Waals surface area contributed by atoms with Gasteiger partial charge in [0.2, 0.25) is 0 Å². The predicted molar refractivity (Wildman–Crippen MR) is 59.5 cm³/mol. The van der Waals surface area contributed by atoms with Crippen molar-refractivity contribution in [3.8, 4) is 0 Å².